The van der Waals surface area contributed by atoms with E-state index in [4.69, 9.17) is 12.2 Å². The van der Waals surface area contributed by atoms with Crippen LogP contribution in [0.1, 0.15) is 42.4 Å². The average Bonchev–Trinajstić information content (AvgIpc) is 3.57. The van der Waals surface area contributed by atoms with Gasteiger partial charge in [-0.3, -0.25) is 9.78 Å². The second kappa shape index (κ2) is 11.7. The van der Waals surface area contributed by atoms with E-state index in [-0.39, 0.29) is 18.0 Å². The van der Waals surface area contributed by atoms with Crippen molar-refractivity contribution < 1.29 is 4.79 Å². The third-order valence-electron chi connectivity index (χ3n) is 7.18. The summed E-state index contributed by atoms with van der Waals surface area (Å²) in [5, 5.41) is 7.21. The largest absolute Gasteiger partial charge is 0.378 e. The molecular formula is C31H34N6OS. The zero-order valence-electron chi connectivity index (χ0n) is 22.5. The van der Waals surface area contributed by atoms with Gasteiger partial charge in [0.15, 0.2) is 5.11 Å². The highest BCUT2D eigenvalue weighted by Crippen LogP contribution is 2.39. The predicted molar refractivity (Wildman–Crippen MR) is 161 cm³/mol. The summed E-state index contributed by atoms with van der Waals surface area (Å²) < 4.78 is 2.19. The second-order valence-corrected chi connectivity index (χ2v) is 10.2. The summed E-state index contributed by atoms with van der Waals surface area (Å²) in [5.74, 6) is -0.0339. The van der Waals surface area contributed by atoms with E-state index in [1.165, 1.54) is 0 Å². The van der Waals surface area contributed by atoms with Crippen LogP contribution in [0.2, 0.25) is 0 Å². The van der Waals surface area contributed by atoms with E-state index < -0.39 is 0 Å². The third-order valence-corrected chi connectivity index (χ3v) is 7.53. The number of nitrogens with zero attached hydrogens (tertiary/aromatic N) is 4. The van der Waals surface area contributed by atoms with Gasteiger partial charge in [-0.25, -0.2) is 0 Å². The highest BCUT2D eigenvalue weighted by Gasteiger charge is 2.41. The maximum absolute atomic E-state index is 13.0. The molecule has 0 saturated carbocycles. The van der Waals surface area contributed by atoms with Gasteiger partial charge in [0.2, 0.25) is 5.91 Å². The fourth-order valence-electron chi connectivity index (χ4n) is 5.13. The quantitative estimate of drug-likeness (QED) is 0.274. The molecule has 0 radical (unpaired) electrons. The summed E-state index contributed by atoms with van der Waals surface area (Å²) in [7, 11) is 4.07. The summed E-state index contributed by atoms with van der Waals surface area (Å²) >= 11 is 5.84. The van der Waals surface area contributed by atoms with E-state index in [0.29, 0.717) is 18.1 Å². The van der Waals surface area contributed by atoms with Crippen molar-refractivity contribution in [1.29, 1.82) is 0 Å². The van der Waals surface area contributed by atoms with Crippen molar-refractivity contribution in [1.82, 2.24) is 19.8 Å². The first-order valence-electron chi connectivity index (χ1n) is 13.3. The first kappa shape index (κ1) is 26.4. The van der Waals surface area contributed by atoms with E-state index in [2.05, 4.69) is 79.5 Å². The lowest BCUT2D eigenvalue weighted by Gasteiger charge is -2.29. The Labute approximate surface area is 235 Å². The summed E-state index contributed by atoms with van der Waals surface area (Å²) in [6, 6.07) is 26.2. The first-order valence-corrected chi connectivity index (χ1v) is 13.7. The van der Waals surface area contributed by atoms with Crippen molar-refractivity contribution in [3.05, 3.63) is 108 Å². The van der Waals surface area contributed by atoms with E-state index >= 15 is 0 Å². The molecule has 4 aromatic rings. The molecule has 1 saturated heterocycles. The molecule has 2 aromatic heterocycles. The number of nitrogens with one attached hydrogen (secondary N) is 2. The number of hydrogen-bond donors (Lipinski definition) is 2. The van der Waals surface area contributed by atoms with Crippen LogP contribution in [0.25, 0.3) is 5.69 Å². The van der Waals surface area contributed by atoms with Gasteiger partial charge >= 0.3 is 0 Å². The molecule has 1 fully saturated rings. The Hall–Kier alpha value is -4.17. The SMILES string of the molecule is CCc1ccccc1NC(=O)CCN1C(=S)N[C@H](c2ccccn2)[C@H]1c1cccn1-c1ccc(N(C)C)cc1. The van der Waals surface area contributed by atoms with Crippen molar-refractivity contribution in [2.24, 2.45) is 0 Å². The molecule has 2 aromatic carbocycles. The number of rotatable bonds is 9. The van der Waals surface area contributed by atoms with Crippen LogP contribution < -0.4 is 15.5 Å². The maximum Gasteiger partial charge on any atom is 0.226 e. The highest BCUT2D eigenvalue weighted by atomic mass is 32.1. The van der Waals surface area contributed by atoms with Crippen LogP contribution >= 0.6 is 12.2 Å². The van der Waals surface area contributed by atoms with Crippen LogP contribution in [0.15, 0.2) is 91.3 Å². The number of aryl methyl sites for hydroxylation is 1. The molecule has 1 amide bonds. The molecule has 8 heteroatoms. The Morgan fingerprint density at radius 3 is 2.51 bits per heavy atom. The van der Waals surface area contributed by atoms with Gasteiger partial charge < -0.3 is 25.0 Å². The molecule has 1 aliphatic heterocycles. The first-order chi connectivity index (χ1) is 19.0. The van der Waals surface area contributed by atoms with E-state index in [1.54, 1.807) is 6.20 Å². The van der Waals surface area contributed by atoms with Gasteiger partial charge in [0.1, 0.15) is 0 Å². The fourth-order valence-corrected chi connectivity index (χ4v) is 5.47. The summed E-state index contributed by atoms with van der Waals surface area (Å²) in [4.78, 5) is 21.9. The number of para-hydroxylation sites is 1. The van der Waals surface area contributed by atoms with Crippen molar-refractivity contribution in [3.63, 3.8) is 0 Å². The third kappa shape index (κ3) is 5.66. The van der Waals surface area contributed by atoms with Crippen LogP contribution in [0.3, 0.4) is 0 Å². The zero-order valence-corrected chi connectivity index (χ0v) is 23.4. The Morgan fingerprint density at radius 1 is 1.03 bits per heavy atom. The number of carbonyl (C=O) groups excluding carboxylic acids is 1. The normalized spacial score (nSPS) is 16.7. The van der Waals surface area contributed by atoms with Crippen molar-refractivity contribution in [3.8, 4) is 5.69 Å². The Balaban J connectivity index is 1.43. The lowest BCUT2D eigenvalue weighted by atomic mass is 10.0. The molecule has 39 heavy (non-hydrogen) atoms. The standard InChI is InChI=1S/C31H34N6OS/c1-4-22-10-5-6-11-25(22)33-28(38)18-21-37-30(29(34-31(37)39)26-12-7-8-19-32-26)27-13-9-20-36(27)24-16-14-23(15-17-24)35(2)3/h5-17,19-20,29-30H,4,18,21H2,1-3H3,(H,33,38)(H,34,39)/t29-,30-/m1/s1. The lowest BCUT2D eigenvalue weighted by molar-refractivity contribution is -0.116. The molecule has 200 valence electrons. The molecule has 5 rings (SSSR count). The van der Waals surface area contributed by atoms with E-state index in [0.717, 1.165) is 40.4 Å². The molecule has 0 aliphatic carbocycles. The molecule has 1 aliphatic rings. The van der Waals surface area contributed by atoms with Crippen LogP contribution in [-0.4, -0.2) is 46.1 Å². The zero-order chi connectivity index (χ0) is 27.4. The number of aromatic nitrogens is 2. The molecule has 0 unspecified atom stereocenters. The molecule has 2 atom stereocenters. The highest BCUT2D eigenvalue weighted by molar-refractivity contribution is 7.80. The van der Waals surface area contributed by atoms with Crippen LogP contribution in [0, 0.1) is 0 Å². The van der Waals surface area contributed by atoms with Gasteiger partial charge in [-0.1, -0.05) is 31.2 Å². The Morgan fingerprint density at radius 2 is 1.79 bits per heavy atom. The predicted octanol–water partition coefficient (Wildman–Crippen LogP) is 5.50. The molecule has 3 heterocycles. The van der Waals surface area contributed by atoms with Gasteiger partial charge in [-0.15, -0.1) is 0 Å². The summed E-state index contributed by atoms with van der Waals surface area (Å²) in [6.07, 6.45) is 5.04. The van der Waals surface area contributed by atoms with Gasteiger partial charge in [-0.05, 0) is 78.8 Å². The number of amides is 1. The molecule has 0 bridgehead atoms. The van der Waals surface area contributed by atoms with Crippen molar-refractivity contribution in [2.45, 2.75) is 31.8 Å². The van der Waals surface area contributed by atoms with Crippen molar-refractivity contribution >= 4 is 34.6 Å². The van der Waals surface area contributed by atoms with Crippen LogP contribution in [0.4, 0.5) is 11.4 Å². The van der Waals surface area contributed by atoms with E-state index in [9.17, 15) is 4.79 Å². The Bertz CT molecular complexity index is 1430. The number of carbonyl (C=O) groups is 1. The van der Waals surface area contributed by atoms with E-state index in [1.807, 2.05) is 56.6 Å². The number of pyridine rings is 1. The Kier molecular flexibility index (Phi) is 7.93. The summed E-state index contributed by atoms with van der Waals surface area (Å²) in [6.45, 7) is 2.57. The molecule has 0 spiro atoms. The van der Waals surface area contributed by atoms with Crippen LogP contribution in [0.5, 0.6) is 0 Å². The second-order valence-electron chi connectivity index (χ2n) is 9.84. The van der Waals surface area contributed by atoms with Crippen LogP contribution in [-0.2, 0) is 11.2 Å². The maximum atomic E-state index is 13.0. The summed E-state index contributed by atoms with van der Waals surface area (Å²) in [5.41, 5.74) is 6.17. The molecule has 7 nitrogen and oxygen atoms in total. The minimum Gasteiger partial charge on any atom is -0.378 e. The molecule has 2 N–H and O–H groups in total. The number of anilines is 2. The van der Waals surface area contributed by atoms with Gasteiger partial charge in [0, 0.05) is 62.2 Å². The lowest BCUT2D eigenvalue weighted by Crippen LogP contribution is -2.33. The fraction of sp³-hybridized carbons (Fsp3) is 0.258. The number of hydrogen-bond acceptors (Lipinski definition) is 4. The van der Waals surface area contributed by atoms with Gasteiger partial charge in [-0.2, -0.15) is 0 Å². The van der Waals surface area contributed by atoms with Gasteiger partial charge in [0.25, 0.3) is 0 Å². The number of benzene rings is 2. The average molecular weight is 539 g/mol. The smallest absolute Gasteiger partial charge is 0.226 e. The van der Waals surface area contributed by atoms with Gasteiger partial charge in [0.05, 0.1) is 17.8 Å². The topological polar surface area (TPSA) is 65.4 Å². The minimum atomic E-state index is -0.155. The minimum absolute atomic E-state index is 0.0339. The number of thiocarbonyl (C=S) groups is 1. The monoisotopic (exact) mass is 538 g/mol. The molecular weight excluding hydrogens is 504 g/mol. The van der Waals surface area contributed by atoms with Crippen molar-refractivity contribution in [2.75, 3.05) is 30.9 Å².